The second-order valence-corrected chi connectivity index (χ2v) is 2.68. The first-order chi connectivity index (χ1) is 4.84. The largest absolute Gasteiger partial charge is 0.380 e. The Bertz CT molecular complexity index is 166. The van der Waals surface area contributed by atoms with Crippen molar-refractivity contribution in [3.05, 3.63) is 23.3 Å². The zero-order chi connectivity index (χ0) is 7.40. The van der Waals surface area contributed by atoms with Gasteiger partial charge in [0, 0.05) is 7.11 Å². The lowest BCUT2D eigenvalue weighted by Crippen LogP contribution is -1.98. The molecular formula is C9H14O. The molecule has 0 aliphatic heterocycles. The third-order valence-corrected chi connectivity index (χ3v) is 1.85. The SMILES string of the molecule is COCC1=C(C)CCC=C1. The lowest BCUT2D eigenvalue weighted by molar-refractivity contribution is 0.227. The normalized spacial score (nSPS) is 18.2. The van der Waals surface area contributed by atoms with Gasteiger partial charge in [0.2, 0.25) is 0 Å². The summed E-state index contributed by atoms with van der Waals surface area (Å²) in [5.74, 6) is 0. The van der Waals surface area contributed by atoms with E-state index in [1.165, 1.54) is 24.0 Å². The van der Waals surface area contributed by atoms with E-state index in [0.29, 0.717) is 0 Å². The highest BCUT2D eigenvalue weighted by Gasteiger charge is 2.01. The van der Waals surface area contributed by atoms with Crippen molar-refractivity contribution >= 4 is 0 Å². The zero-order valence-corrected chi connectivity index (χ0v) is 6.68. The van der Waals surface area contributed by atoms with Gasteiger partial charge in [-0.05, 0) is 25.3 Å². The van der Waals surface area contributed by atoms with Gasteiger partial charge in [-0.2, -0.15) is 0 Å². The van der Waals surface area contributed by atoms with Gasteiger partial charge in [-0.25, -0.2) is 0 Å². The first-order valence-electron chi connectivity index (χ1n) is 3.68. The molecule has 1 aliphatic carbocycles. The van der Waals surface area contributed by atoms with Crippen molar-refractivity contribution in [1.29, 1.82) is 0 Å². The molecule has 0 radical (unpaired) electrons. The average molecular weight is 138 g/mol. The van der Waals surface area contributed by atoms with Crippen molar-refractivity contribution in [2.45, 2.75) is 19.8 Å². The Morgan fingerprint density at radius 1 is 1.60 bits per heavy atom. The van der Waals surface area contributed by atoms with E-state index in [2.05, 4.69) is 19.1 Å². The highest BCUT2D eigenvalue weighted by atomic mass is 16.5. The van der Waals surface area contributed by atoms with Gasteiger partial charge in [-0.1, -0.05) is 17.7 Å². The molecule has 0 aromatic heterocycles. The van der Waals surface area contributed by atoms with Gasteiger partial charge in [0.1, 0.15) is 0 Å². The first-order valence-corrected chi connectivity index (χ1v) is 3.68. The van der Waals surface area contributed by atoms with E-state index in [-0.39, 0.29) is 0 Å². The molecule has 0 unspecified atom stereocenters. The molecule has 0 atom stereocenters. The summed E-state index contributed by atoms with van der Waals surface area (Å²) in [4.78, 5) is 0. The van der Waals surface area contributed by atoms with Crippen LogP contribution < -0.4 is 0 Å². The molecule has 56 valence electrons. The summed E-state index contributed by atoms with van der Waals surface area (Å²) in [5.41, 5.74) is 2.83. The zero-order valence-electron chi connectivity index (χ0n) is 6.68. The molecule has 1 nitrogen and oxygen atoms in total. The first kappa shape index (κ1) is 7.55. The Morgan fingerprint density at radius 3 is 3.00 bits per heavy atom. The summed E-state index contributed by atoms with van der Waals surface area (Å²) in [7, 11) is 1.74. The molecule has 0 bridgehead atoms. The Morgan fingerprint density at radius 2 is 2.40 bits per heavy atom. The Hall–Kier alpha value is -0.560. The van der Waals surface area contributed by atoms with Crippen molar-refractivity contribution in [2.24, 2.45) is 0 Å². The van der Waals surface area contributed by atoms with Gasteiger partial charge >= 0.3 is 0 Å². The number of methoxy groups -OCH3 is 1. The van der Waals surface area contributed by atoms with E-state index >= 15 is 0 Å². The van der Waals surface area contributed by atoms with Crippen LogP contribution in [0.25, 0.3) is 0 Å². The summed E-state index contributed by atoms with van der Waals surface area (Å²) in [6, 6.07) is 0. The van der Waals surface area contributed by atoms with Gasteiger partial charge in [-0.15, -0.1) is 0 Å². The lowest BCUT2D eigenvalue weighted by atomic mass is 10.00. The van der Waals surface area contributed by atoms with Gasteiger partial charge < -0.3 is 4.74 Å². The molecule has 0 saturated carbocycles. The fourth-order valence-corrected chi connectivity index (χ4v) is 1.16. The second-order valence-electron chi connectivity index (χ2n) is 2.68. The van der Waals surface area contributed by atoms with E-state index in [4.69, 9.17) is 4.74 Å². The highest BCUT2D eigenvalue weighted by Crippen LogP contribution is 2.17. The quantitative estimate of drug-likeness (QED) is 0.569. The van der Waals surface area contributed by atoms with E-state index in [9.17, 15) is 0 Å². The number of hydrogen-bond donors (Lipinski definition) is 0. The lowest BCUT2D eigenvalue weighted by Gasteiger charge is -2.10. The predicted octanol–water partition coefficient (Wildman–Crippen LogP) is 2.30. The monoisotopic (exact) mass is 138 g/mol. The van der Waals surface area contributed by atoms with Crippen LogP contribution in [0.2, 0.25) is 0 Å². The van der Waals surface area contributed by atoms with Crippen molar-refractivity contribution in [1.82, 2.24) is 0 Å². The summed E-state index contributed by atoms with van der Waals surface area (Å²) in [5, 5.41) is 0. The Labute approximate surface area is 62.4 Å². The predicted molar refractivity (Wildman–Crippen MR) is 43.0 cm³/mol. The topological polar surface area (TPSA) is 9.23 Å². The standard InChI is InChI=1S/C9H14O/c1-8-5-3-4-6-9(8)7-10-2/h4,6H,3,5,7H2,1-2H3. The molecule has 10 heavy (non-hydrogen) atoms. The van der Waals surface area contributed by atoms with Crippen LogP contribution in [-0.4, -0.2) is 13.7 Å². The molecule has 1 heteroatoms. The Kier molecular flexibility index (Phi) is 2.69. The highest BCUT2D eigenvalue weighted by molar-refractivity contribution is 5.28. The van der Waals surface area contributed by atoms with Crippen LogP contribution in [0.5, 0.6) is 0 Å². The van der Waals surface area contributed by atoms with Crippen molar-refractivity contribution in [3.63, 3.8) is 0 Å². The minimum absolute atomic E-state index is 0.766. The molecule has 0 aromatic rings. The number of rotatable bonds is 2. The third kappa shape index (κ3) is 1.71. The van der Waals surface area contributed by atoms with E-state index < -0.39 is 0 Å². The summed E-state index contributed by atoms with van der Waals surface area (Å²) < 4.78 is 5.04. The molecule has 0 amide bonds. The third-order valence-electron chi connectivity index (χ3n) is 1.85. The molecule has 0 fully saturated rings. The van der Waals surface area contributed by atoms with E-state index in [1.54, 1.807) is 7.11 Å². The number of ether oxygens (including phenoxy) is 1. The maximum atomic E-state index is 5.04. The van der Waals surface area contributed by atoms with Crippen molar-refractivity contribution in [2.75, 3.05) is 13.7 Å². The molecule has 0 aromatic carbocycles. The molecule has 0 heterocycles. The average Bonchev–Trinajstić information content (AvgIpc) is 1.94. The van der Waals surface area contributed by atoms with E-state index in [1.807, 2.05) is 0 Å². The summed E-state index contributed by atoms with van der Waals surface area (Å²) in [6.07, 6.45) is 6.78. The van der Waals surface area contributed by atoms with Crippen LogP contribution in [0.1, 0.15) is 19.8 Å². The minimum Gasteiger partial charge on any atom is -0.380 e. The summed E-state index contributed by atoms with van der Waals surface area (Å²) in [6.45, 7) is 2.94. The smallest absolute Gasteiger partial charge is 0.0712 e. The van der Waals surface area contributed by atoms with Gasteiger partial charge in [0.05, 0.1) is 6.61 Å². The fraction of sp³-hybridized carbons (Fsp3) is 0.556. The molecule has 1 rings (SSSR count). The number of hydrogen-bond acceptors (Lipinski definition) is 1. The van der Waals surface area contributed by atoms with Crippen LogP contribution >= 0.6 is 0 Å². The molecular weight excluding hydrogens is 124 g/mol. The molecule has 0 N–H and O–H groups in total. The maximum absolute atomic E-state index is 5.04. The van der Waals surface area contributed by atoms with Crippen LogP contribution in [0.15, 0.2) is 23.3 Å². The van der Waals surface area contributed by atoms with Crippen molar-refractivity contribution < 1.29 is 4.74 Å². The molecule has 0 spiro atoms. The minimum atomic E-state index is 0.766. The van der Waals surface area contributed by atoms with Crippen LogP contribution in [0.4, 0.5) is 0 Å². The Balaban J connectivity index is 2.60. The second kappa shape index (κ2) is 3.57. The van der Waals surface area contributed by atoms with Gasteiger partial charge in [0.25, 0.3) is 0 Å². The van der Waals surface area contributed by atoms with Gasteiger partial charge in [0.15, 0.2) is 0 Å². The maximum Gasteiger partial charge on any atom is 0.0712 e. The van der Waals surface area contributed by atoms with E-state index in [0.717, 1.165) is 6.61 Å². The number of allylic oxidation sites excluding steroid dienone is 2. The van der Waals surface area contributed by atoms with Crippen LogP contribution in [0.3, 0.4) is 0 Å². The van der Waals surface area contributed by atoms with Crippen molar-refractivity contribution in [3.8, 4) is 0 Å². The molecule has 0 saturated heterocycles. The fourth-order valence-electron chi connectivity index (χ4n) is 1.16. The van der Waals surface area contributed by atoms with Crippen LogP contribution in [0, 0.1) is 0 Å². The summed E-state index contributed by atoms with van der Waals surface area (Å²) >= 11 is 0. The van der Waals surface area contributed by atoms with Crippen LogP contribution in [-0.2, 0) is 4.74 Å². The van der Waals surface area contributed by atoms with Gasteiger partial charge in [-0.3, -0.25) is 0 Å². The molecule has 1 aliphatic rings.